The molecule has 0 saturated heterocycles. The molecule has 0 spiro atoms. The normalized spacial score (nSPS) is 25.8. The first-order valence-electron chi connectivity index (χ1n) is 6.25. The number of nitrogens with two attached hydrogens (primary N) is 1. The van der Waals surface area contributed by atoms with E-state index in [0.717, 1.165) is 10.2 Å². The van der Waals surface area contributed by atoms with Gasteiger partial charge in [-0.2, -0.15) is 0 Å². The second-order valence-corrected chi connectivity index (χ2v) is 6.47. The van der Waals surface area contributed by atoms with E-state index in [2.05, 4.69) is 35.2 Å². The van der Waals surface area contributed by atoms with Crippen LogP contribution in [0.1, 0.15) is 51.3 Å². The van der Waals surface area contributed by atoms with Crippen LogP contribution in [0.25, 0.3) is 0 Å². The van der Waals surface area contributed by atoms with Gasteiger partial charge >= 0.3 is 0 Å². The van der Waals surface area contributed by atoms with E-state index in [1.807, 2.05) is 6.07 Å². The van der Waals surface area contributed by atoms with Gasteiger partial charge in [-0.3, -0.25) is 5.84 Å². The highest BCUT2D eigenvalue weighted by molar-refractivity contribution is 9.10. The van der Waals surface area contributed by atoms with Gasteiger partial charge in [-0.1, -0.05) is 26.7 Å². The van der Waals surface area contributed by atoms with Crippen molar-refractivity contribution >= 4 is 15.9 Å². The fraction of sp³-hybridized carbons (Fsp3) is 0.692. The molecule has 1 fully saturated rings. The summed E-state index contributed by atoms with van der Waals surface area (Å²) in [5, 5.41) is 0. The summed E-state index contributed by atoms with van der Waals surface area (Å²) in [5.74, 6) is 7.19. The molecule has 0 aromatic carbocycles. The van der Waals surface area contributed by atoms with Crippen LogP contribution in [0.2, 0.25) is 0 Å². The van der Waals surface area contributed by atoms with Gasteiger partial charge < -0.3 is 4.42 Å². The number of rotatable bonds is 3. The highest BCUT2D eigenvalue weighted by atomic mass is 79.9. The molecule has 1 saturated carbocycles. The van der Waals surface area contributed by atoms with Crippen molar-refractivity contribution < 1.29 is 4.42 Å². The highest BCUT2D eigenvalue weighted by Crippen LogP contribution is 2.47. The molecule has 0 radical (unpaired) electrons. The molecule has 0 bridgehead atoms. The summed E-state index contributed by atoms with van der Waals surface area (Å²) in [6, 6.07) is 2.02. The van der Waals surface area contributed by atoms with E-state index in [4.69, 9.17) is 10.3 Å². The van der Waals surface area contributed by atoms with Crippen molar-refractivity contribution in [2.45, 2.75) is 45.6 Å². The maximum atomic E-state index is 5.75. The maximum Gasteiger partial charge on any atom is 0.136 e. The Bertz CT molecular complexity index is 375. The quantitative estimate of drug-likeness (QED) is 0.660. The molecule has 3 N–H and O–H groups in total. The molecule has 4 heteroatoms. The summed E-state index contributed by atoms with van der Waals surface area (Å²) in [7, 11) is 0. The second-order valence-electron chi connectivity index (χ2n) is 5.62. The van der Waals surface area contributed by atoms with E-state index < -0.39 is 0 Å². The van der Waals surface area contributed by atoms with E-state index >= 15 is 0 Å². The number of nitrogens with one attached hydrogen (secondary N) is 1. The van der Waals surface area contributed by atoms with E-state index in [1.54, 1.807) is 6.26 Å². The Hall–Kier alpha value is -0.320. The number of hydrazine groups is 1. The molecule has 1 heterocycles. The molecule has 1 aromatic rings. The van der Waals surface area contributed by atoms with E-state index in [0.29, 0.717) is 11.3 Å². The van der Waals surface area contributed by atoms with Crippen molar-refractivity contribution in [1.82, 2.24) is 5.43 Å². The van der Waals surface area contributed by atoms with Crippen molar-refractivity contribution in [3.8, 4) is 0 Å². The van der Waals surface area contributed by atoms with Gasteiger partial charge in [0, 0.05) is 0 Å². The van der Waals surface area contributed by atoms with Gasteiger partial charge in [-0.25, -0.2) is 5.43 Å². The lowest BCUT2D eigenvalue weighted by Crippen LogP contribution is -2.41. The van der Waals surface area contributed by atoms with Gasteiger partial charge in [-0.15, -0.1) is 0 Å². The van der Waals surface area contributed by atoms with Crippen molar-refractivity contribution in [2.24, 2.45) is 17.2 Å². The summed E-state index contributed by atoms with van der Waals surface area (Å²) in [4.78, 5) is 0. The molecule has 0 aliphatic heterocycles. The first-order valence-corrected chi connectivity index (χ1v) is 7.04. The summed E-state index contributed by atoms with van der Waals surface area (Å²) >= 11 is 3.52. The smallest absolute Gasteiger partial charge is 0.136 e. The zero-order chi connectivity index (χ0) is 12.5. The SMILES string of the molecule is CC1(C)CCCCC1C(NN)c1occc1Br. The average Bonchev–Trinajstić information content (AvgIpc) is 2.68. The molecule has 1 aromatic heterocycles. The van der Waals surface area contributed by atoms with Gasteiger partial charge in [0.2, 0.25) is 0 Å². The first-order chi connectivity index (χ1) is 8.06. The van der Waals surface area contributed by atoms with Crippen LogP contribution >= 0.6 is 15.9 Å². The standard InChI is InChI=1S/C13H21BrN2O/c1-13(2)7-4-3-5-9(13)11(16-15)12-10(14)6-8-17-12/h6,8-9,11,16H,3-5,7,15H2,1-2H3. The van der Waals surface area contributed by atoms with Crippen LogP contribution < -0.4 is 11.3 Å². The van der Waals surface area contributed by atoms with Gasteiger partial charge in [0.05, 0.1) is 16.8 Å². The Morgan fingerprint density at radius 2 is 2.29 bits per heavy atom. The zero-order valence-corrected chi connectivity index (χ0v) is 12.1. The summed E-state index contributed by atoms with van der Waals surface area (Å²) < 4.78 is 6.58. The predicted molar refractivity (Wildman–Crippen MR) is 72.2 cm³/mol. The summed E-state index contributed by atoms with van der Waals surface area (Å²) in [6.07, 6.45) is 6.77. The minimum Gasteiger partial charge on any atom is -0.466 e. The number of halogens is 1. The average molecular weight is 301 g/mol. The third kappa shape index (κ3) is 2.59. The number of furan rings is 1. The maximum absolute atomic E-state index is 5.75. The Kier molecular flexibility index (Phi) is 3.95. The lowest BCUT2D eigenvalue weighted by molar-refractivity contribution is 0.0890. The van der Waals surface area contributed by atoms with Crippen molar-refractivity contribution in [3.05, 3.63) is 22.6 Å². The van der Waals surface area contributed by atoms with Crippen LogP contribution in [0, 0.1) is 11.3 Å². The summed E-state index contributed by atoms with van der Waals surface area (Å²) in [5.41, 5.74) is 3.25. The molecule has 2 unspecified atom stereocenters. The third-order valence-electron chi connectivity index (χ3n) is 4.10. The molecule has 2 atom stereocenters. The minimum absolute atomic E-state index is 0.0923. The molecule has 17 heavy (non-hydrogen) atoms. The van der Waals surface area contributed by atoms with Crippen LogP contribution in [0.3, 0.4) is 0 Å². The number of hydrogen-bond acceptors (Lipinski definition) is 3. The highest BCUT2D eigenvalue weighted by Gasteiger charge is 2.39. The second kappa shape index (κ2) is 5.12. The molecule has 1 aliphatic rings. The van der Waals surface area contributed by atoms with Crippen LogP contribution in [0.5, 0.6) is 0 Å². The first kappa shape index (κ1) is 13.1. The van der Waals surface area contributed by atoms with Crippen LogP contribution in [-0.2, 0) is 0 Å². The monoisotopic (exact) mass is 300 g/mol. The Labute approximate surface area is 111 Å². The van der Waals surface area contributed by atoms with Crippen LogP contribution in [-0.4, -0.2) is 0 Å². The summed E-state index contributed by atoms with van der Waals surface area (Å²) in [6.45, 7) is 4.66. The lowest BCUT2D eigenvalue weighted by atomic mass is 9.65. The largest absolute Gasteiger partial charge is 0.466 e. The Balaban J connectivity index is 2.26. The Morgan fingerprint density at radius 3 is 2.82 bits per heavy atom. The molecule has 3 nitrogen and oxygen atoms in total. The molecule has 1 aliphatic carbocycles. The van der Waals surface area contributed by atoms with Crippen LogP contribution in [0.4, 0.5) is 0 Å². The van der Waals surface area contributed by atoms with Gasteiger partial charge in [-0.05, 0) is 46.2 Å². The van der Waals surface area contributed by atoms with Crippen molar-refractivity contribution in [3.63, 3.8) is 0 Å². The Morgan fingerprint density at radius 1 is 1.53 bits per heavy atom. The van der Waals surface area contributed by atoms with Gasteiger partial charge in [0.25, 0.3) is 0 Å². The topological polar surface area (TPSA) is 51.2 Å². The minimum atomic E-state index is 0.0923. The fourth-order valence-corrected chi connectivity index (χ4v) is 3.49. The van der Waals surface area contributed by atoms with E-state index in [1.165, 1.54) is 25.7 Å². The number of hydrogen-bond donors (Lipinski definition) is 2. The fourth-order valence-electron chi connectivity index (χ4n) is 3.04. The van der Waals surface area contributed by atoms with E-state index in [9.17, 15) is 0 Å². The molecular formula is C13H21BrN2O. The van der Waals surface area contributed by atoms with Gasteiger partial charge in [0.1, 0.15) is 5.76 Å². The third-order valence-corrected chi connectivity index (χ3v) is 4.75. The van der Waals surface area contributed by atoms with Crippen molar-refractivity contribution in [2.75, 3.05) is 0 Å². The van der Waals surface area contributed by atoms with Crippen molar-refractivity contribution in [1.29, 1.82) is 0 Å². The van der Waals surface area contributed by atoms with Crippen LogP contribution in [0.15, 0.2) is 21.2 Å². The zero-order valence-electron chi connectivity index (χ0n) is 10.5. The van der Waals surface area contributed by atoms with E-state index in [-0.39, 0.29) is 6.04 Å². The molecular weight excluding hydrogens is 280 g/mol. The molecule has 2 rings (SSSR count). The lowest BCUT2D eigenvalue weighted by Gasteiger charge is -2.42. The molecule has 96 valence electrons. The predicted octanol–water partition coefficient (Wildman–Crippen LogP) is 3.76. The van der Waals surface area contributed by atoms with Gasteiger partial charge in [0.15, 0.2) is 0 Å². The molecule has 0 amide bonds.